The standard InChI is InChI=1S/C30H46O4Si/c1-22-13-12-14-24(19-22)32-21-25(34-35(6,7)30(3,4)5)17-18-26-23(2)20-28-27(26)15-10-8-9-11-16-29(31)33-28/h8,10,12-14,17-19,23,25-28H,9,11,15-16,20-21H2,1-7H3/b10-8-,18-17+/t23-,25-,26+,27-,28+/m1/s1. The molecule has 1 heterocycles. The van der Waals surface area contributed by atoms with Crippen LogP contribution in [-0.4, -0.2) is 33.1 Å². The number of ether oxygens (including phenoxy) is 2. The Kier molecular flexibility index (Phi) is 9.45. The van der Waals surface area contributed by atoms with E-state index in [1.165, 1.54) is 5.56 Å². The van der Waals surface area contributed by atoms with Crippen LogP contribution in [0.2, 0.25) is 18.1 Å². The van der Waals surface area contributed by atoms with Crippen LogP contribution in [0, 0.1) is 24.7 Å². The molecule has 1 aromatic rings. The zero-order valence-corrected chi connectivity index (χ0v) is 23.9. The molecule has 0 amide bonds. The lowest BCUT2D eigenvalue weighted by Gasteiger charge is -2.38. The Morgan fingerprint density at radius 2 is 2.00 bits per heavy atom. The maximum Gasteiger partial charge on any atom is 0.306 e. The first-order valence-electron chi connectivity index (χ1n) is 13.4. The summed E-state index contributed by atoms with van der Waals surface area (Å²) in [6, 6.07) is 8.18. The van der Waals surface area contributed by atoms with Crippen LogP contribution in [0.4, 0.5) is 0 Å². The lowest BCUT2D eigenvalue weighted by molar-refractivity contribution is -0.151. The van der Waals surface area contributed by atoms with Crippen molar-refractivity contribution in [3.8, 4) is 5.75 Å². The third-order valence-electron chi connectivity index (χ3n) is 8.05. The van der Waals surface area contributed by atoms with Crippen LogP contribution >= 0.6 is 0 Å². The van der Waals surface area contributed by atoms with Crippen LogP contribution in [0.3, 0.4) is 0 Å². The van der Waals surface area contributed by atoms with Gasteiger partial charge in [-0.25, -0.2) is 0 Å². The van der Waals surface area contributed by atoms with E-state index in [0.717, 1.165) is 31.4 Å². The Morgan fingerprint density at radius 3 is 2.71 bits per heavy atom. The van der Waals surface area contributed by atoms with E-state index in [1.54, 1.807) is 0 Å². The molecule has 2 aliphatic rings. The smallest absolute Gasteiger partial charge is 0.306 e. The minimum Gasteiger partial charge on any atom is -0.491 e. The van der Waals surface area contributed by atoms with Crippen LogP contribution in [0.15, 0.2) is 48.6 Å². The molecule has 5 atom stereocenters. The van der Waals surface area contributed by atoms with E-state index in [1.807, 2.05) is 12.1 Å². The number of benzene rings is 1. The number of hydrogen-bond acceptors (Lipinski definition) is 4. The lowest BCUT2D eigenvalue weighted by Crippen LogP contribution is -2.45. The van der Waals surface area contributed by atoms with E-state index in [0.29, 0.717) is 30.8 Å². The van der Waals surface area contributed by atoms with Crippen molar-refractivity contribution >= 4 is 14.3 Å². The Hall–Kier alpha value is -1.85. The summed E-state index contributed by atoms with van der Waals surface area (Å²) in [4.78, 5) is 12.3. The highest BCUT2D eigenvalue weighted by Gasteiger charge is 2.42. The van der Waals surface area contributed by atoms with Crippen molar-refractivity contribution in [1.29, 1.82) is 0 Å². The highest BCUT2D eigenvalue weighted by Crippen LogP contribution is 2.43. The number of esters is 1. The quantitative estimate of drug-likeness (QED) is 0.220. The Labute approximate surface area is 214 Å². The monoisotopic (exact) mass is 498 g/mol. The molecule has 194 valence electrons. The molecule has 35 heavy (non-hydrogen) atoms. The molecule has 0 saturated heterocycles. The van der Waals surface area contributed by atoms with E-state index in [9.17, 15) is 4.79 Å². The number of fused-ring (bicyclic) bond motifs is 1. The number of allylic oxidation sites excluding steroid dienone is 3. The minimum absolute atomic E-state index is 0.00166. The Bertz CT molecular complexity index is 898. The van der Waals surface area contributed by atoms with Crippen molar-refractivity contribution in [1.82, 2.24) is 0 Å². The molecule has 1 aliphatic heterocycles. The van der Waals surface area contributed by atoms with Gasteiger partial charge >= 0.3 is 5.97 Å². The number of aryl methyl sites for hydroxylation is 1. The number of rotatable bonds is 7. The predicted molar refractivity (Wildman–Crippen MR) is 146 cm³/mol. The molecular weight excluding hydrogens is 452 g/mol. The molecule has 0 spiro atoms. The number of hydrogen-bond donors (Lipinski definition) is 0. The fraction of sp³-hybridized carbons (Fsp3) is 0.633. The average Bonchev–Trinajstić information content (AvgIpc) is 3.05. The molecule has 5 heteroatoms. The molecule has 1 aromatic carbocycles. The minimum atomic E-state index is -1.99. The maximum absolute atomic E-state index is 12.3. The first-order chi connectivity index (χ1) is 16.5. The summed E-state index contributed by atoms with van der Waals surface area (Å²) in [5, 5.41) is 0.115. The van der Waals surface area contributed by atoms with Gasteiger partial charge in [0.05, 0.1) is 6.10 Å². The Balaban J connectivity index is 1.79. The van der Waals surface area contributed by atoms with Crippen molar-refractivity contribution in [3.63, 3.8) is 0 Å². The van der Waals surface area contributed by atoms with Gasteiger partial charge in [-0.2, -0.15) is 0 Å². The molecule has 0 unspecified atom stereocenters. The summed E-state index contributed by atoms with van der Waals surface area (Å²) in [5.41, 5.74) is 1.18. The summed E-state index contributed by atoms with van der Waals surface area (Å²) in [6.45, 7) is 16.2. The van der Waals surface area contributed by atoms with Gasteiger partial charge in [0.2, 0.25) is 0 Å². The number of carbonyl (C=O) groups excluding carboxylic acids is 1. The van der Waals surface area contributed by atoms with Gasteiger partial charge < -0.3 is 13.9 Å². The van der Waals surface area contributed by atoms with Crippen molar-refractivity contribution in [2.75, 3.05) is 6.61 Å². The van der Waals surface area contributed by atoms with E-state index in [-0.39, 0.29) is 23.2 Å². The largest absolute Gasteiger partial charge is 0.491 e. The highest BCUT2D eigenvalue weighted by molar-refractivity contribution is 6.74. The van der Waals surface area contributed by atoms with Crippen LogP contribution in [0.25, 0.3) is 0 Å². The van der Waals surface area contributed by atoms with Crippen molar-refractivity contribution in [2.45, 2.75) is 97.1 Å². The predicted octanol–water partition coefficient (Wildman–Crippen LogP) is 7.63. The van der Waals surface area contributed by atoms with E-state index in [2.05, 4.69) is 84.1 Å². The molecule has 1 fully saturated rings. The van der Waals surface area contributed by atoms with Crippen LogP contribution in [-0.2, 0) is 14.0 Å². The van der Waals surface area contributed by atoms with Gasteiger partial charge in [0.15, 0.2) is 8.32 Å². The zero-order valence-electron chi connectivity index (χ0n) is 22.9. The van der Waals surface area contributed by atoms with E-state index in [4.69, 9.17) is 13.9 Å². The zero-order chi connectivity index (χ0) is 25.6. The second kappa shape index (κ2) is 11.9. The summed E-state index contributed by atoms with van der Waals surface area (Å²) in [5.74, 6) is 1.94. The molecule has 1 aliphatic carbocycles. The lowest BCUT2D eigenvalue weighted by atomic mass is 9.86. The molecule has 0 bridgehead atoms. The normalized spacial score (nSPS) is 27.8. The topological polar surface area (TPSA) is 44.8 Å². The fourth-order valence-electron chi connectivity index (χ4n) is 4.93. The summed E-state index contributed by atoms with van der Waals surface area (Å²) in [7, 11) is -1.99. The molecule has 3 rings (SSSR count). The van der Waals surface area contributed by atoms with Crippen LogP contribution in [0.1, 0.15) is 65.4 Å². The second-order valence-electron chi connectivity index (χ2n) is 12.0. The van der Waals surface area contributed by atoms with Gasteiger partial charge in [0.25, 0.3) is 0 Å². The first-order valence-corrected chi connectivity index (χ1v) is 16.3. The van der Waals surface area contributed by atoms with Crippen molar-refractivity contribution in [2.24, 2.45) is 17.8 Å². The molecule has 4 nitrogen and oxygen atoms in total. The van der Waals surface area contributed by atoms with E-state index < -0.39 is 8.32 Å². The number of carbonyl (C=O) groups is 1. The van der Waals surface area contributed by atoms with Crippen LogP contribution < -0.4 is 4.74 Å². The van der Waals surface area contributed by atoms with Crippen molar-refractivity contribution in [3.05, 3.63) is 54.1 Å². The van der Waals surface area contributed by atoms with Gasteiger partial charge in [0.1, 0.15) is 18.5 Å². The van der Waals surface area contributed by atoms with Gasteiger partial charge in [0, 0.05) is 12.3 Å². The van der Waals surface area contributed by atoms with Crippen molar-refractivity contribution < 1.29 is 18.7 Å². The van der Waals surface area contributed by atoms with E-state index >= 15 is 0 Å². The third kappa shape index (κ3) is 7.81. The van der Waals surface area contributed by atoms with Gasteiger partial charge in [-0.3, -0.25) is 4.79 Å². The first kappa shape index (κ1) is 27.7. The maximum atomic E-state index is 12.3. The summed E-state index contributed by atoms with van der Waals surface area (Å²) in [6.07, 6.45) is 13.2. The fourth-order valence-corrected chi connectivity index (χ4v) is 6.19. The van der Waals surface area contributed by atoms with Gasteiger partial charge in [-0.1, -0.05) is 64.1 Å². The Morgan fingerprint density at radius 1 is 1.23 bits per heavy atom. The summed E-state index contributed by atoms with van der Waals surface area (Å²) < 4.78 is 19.0. The summed E-state index contributed by atoms with van der Waals surface area (Å²) >= 11 is 0. The molecular formula is C30H46O4Si. The molecule has 0 N–H and O–H groups in total. The molecule has 0 aromatic heterocycles. The second-order valence-corrected chi connectivity index (χ2v) is 16.8. The third-order valence-corrected chi connectivity index (χ3v) is 12.6. The molecule has 0 radical (unpaired) electrons. The van der Waals surface area contributed by atoms with Gasteiger partial charge in [-0.05, 0) is 80.3 Å². The highest BCUT2D eigenvalue weighted by atomic mass is 28.4. The average molecular weight is 499 g/mol. The SMILES string of the molecule is Cc1cccc(OC[C@@H](/C=C/[C@@H]2[C@H]3C/C=C\CCCC(=O)O[C@H]3C[C@H]2C)O[Si](C)(C)C(C)(C)C)c1. The molecule has 1 saturated carbocycles. The van der Waals surface area contributed by atoms with Gasteiger partial charge in [-0.15, -0.1) is 0 Å². The van der Waals surface area contributed by atoms with Crippen LogP contribution in [0.5, 0.6) is 5.75 Å².